The molecule has 2 atom stereocenters. The second-order valence-corrected chi connectivity index (χ2v) is 7.93. The van der Waals surface area contributed by atoms with E-state index in [0.717, 1.165) is 16.7 Å². The molecule has 6 heteroatoms. The van der Waals surface area contributed by atoms with Crippen LogP contribution in [0.5, 0.6) is 0 Å². The maximum atomic E-state index is 12.9. The van der Waals surface area contributed by atoms with Gasteiger partial charge in [-0.3, -0.25) is 0 Å². The number of nitrogens with zero attached hydrogens (tertiary/aromatic N) is 1. The first-order valence-corrected chi connectivity index (χ1v) is 9.05. The van der Waals surface area contributed by atoms with Gasteiger partial charge in [0, 0.05) is 19.0 Å². The topological polar surface area (TPSA) is 46.6 Å². The third-order valence-corrected chi connectivity index (χ3v) is 6.04. The van der Waals surface area contributed by atoms with Crippen molar-refractivity contribution < 1.29 is 13.2 Å². The van der Waals surface area contributed by atoms with E-state index in [9.17, 15) is 8.42 Å². The zero-order chi connectivity index (χ0) is 15.8. The SMILES string of the molecule is Cc1cc(C)c(S(=O)(=O)N2C[C@@H](C)O[C@@H](C)C2)cc1CCl. The maximum Gasteiger partial charge on any atom is 0.243 e. The normalized spacial score (nSPS) is 24.2. The van der Waals surface area contributed by atoms with Gasteiger partial charge in [0.1, 0.15) is 0 Å². The van der Waals surface area contributed by atoms with E-state index in [1.807, 2.05) is 33.8 Å². The molecule has 0 bridgehead atoms. The van der Waals surface area contributed by atoms with Crippen molar-refractivity contribution in [2.45, 2.75) is 50.7 Å². The third-order valence-electron chi connectivity index (χ3n) is 3.78. The minimum Gasteiger partial charge on any atom is -0.373 e. The highest BCUT2D eigenvalue weighted by molar-refractivity contribution is 7.89. The predicted octanol–water partition coefficient (Wildman–Crippen LogP) is 2.84. The van der Waals surface area contributed by atoms with Crippen molar-refractivity contribution in [3.63, 3.8) is 0 Å². The van der Waals surface area contributed by atoms with Gasteiger partial charge >= 0.3 is 0 Å². The molecule has 0 aromatic heterocycles. The summed E-state index contributed by atoms with van der Waals surface area (Å²) in [4.78, 5) is 0.352. The van der Waals surface area contributed by atoms with Crippen LogP contribution in [0.25, 0.3) is 0 Å². The van der Waals surface area contributed by atoms with Crippen molar-refractivity contribution in [3.8, 4) is 0 Å². The minimum atomic E-state index is -3.51. The fraction of sp³-hybridized carbons (Fsp3) is 0.600. The lowest BCUT2D eigenvalue weighted by Gasteiger charge is -2.34. The summed E-state index contributed by atoms with van der Waals surface area (Å²) in [5.74, 6) is 0.310. The van der Waals surface area contributed by atoms with Crippen LogP contribution in [0, 0.1) is 13.8 Å². The summed E-state index contributed by atoms with van der Waals surface area (Å²) in [7, 11) is -3.51. The minimum absolute atomic E-state index is 0.0956. The Morgan fingerprint density at radius 1 is 1.19 bits per heavy atom. The molecule has 1 aromatic carbocycles. The van der Waals surface area contributed by atoms with Crippen LogP contribution in [0.15, 0.2) is 17.0 Å². The number of alkyl halides is 1. The van der Waals surface area contributed by atoms with Gasteiger partial charge in [-0.15, -0.1) is 11.6 Å². The fourth-order valence-electron chi connectivity index (χ4n) is 2.76. The van der Waals surface area contributed by atoms with Gasteiger partial charge in [0.15, 0.2) is 0 Å². The van der Waals surface area contributed by atoms with Crippen molar-refractivity contribution >= 4 is 21.6 Å². The summed E-state index contributed by atoms with van der Waals surface area (Å²) >= 11 is 5.91. The molecule has 0 spiro atoms. The Kier molecular flexibility index (Phi) is 4.98. The molecule has 118 valence electrons. The highest BCUT2D eigenvalue weighted by Gasteiger charge is 2.33. The molecule has 4 nitrogen and oxygen atoms in total. The summed E-state index contributed by atoms with van der Waals surface area (Å²) in [5.41, 5.74) is 2.63. The van der Waals surface area contributed by atoms with Gasteiger partial charge in [0.05, 0.1) is 17.1 Å². The van der Waals surface area contributed by atoms with Crippen molar-refractivity contribution in [2.24, 2.45) is 0 Å². The molecule has 1 aromatic rings. The van der Waals surface area contributed by atoms with E-state index >= 15 is 0 Å². The molecule has 21 heavy (non-hydrogen) atoms. The van der Waals surface area contributed by atoms with E-state index in [4.69, 9.17) is 16.3 Å². The van der Waals surface area contributed by atoms with Crippen LogP contribution < -0.4 is 0 Å². The zero-order valence-electron chi connectivity index (χ0n) is 12.9. The molecule has 0 N–H and O–H groups in total. The molecule has 0 aliphatic carbocycles. The Labute approximate surface area is 132 Å². The molecule has 0 radical (unpaired) electrons. The highest BCUT2D eigenvalue weighted by atomic mass is 35.5. The molecule has 1 saturated heterocycles. The van der Waals surface area contributed by atoms with Gasteiger partial charge in [-0.05, 0) is 50.5 Å². The number of morpholine rings is 1. The molecule has 1 aliphatic rings. The Balaban J connectivity index is 2.44. The number of hydrogen-bond acceptors (Lipinski definition) is 3. The molecule has 0 saturated carbocycles. The number of halogens is 1. The number of hydrogen-bond donors (Lipinski definition) is 0. The largest absolute Gasteiger partial charge is 0.373 e. The Hall–Kier alpha value is -0.620. The lowest BCUT2D eigenvalue weighted by atomic mass is 10.1. The van der Waals surface area contributed by atoms with Crippen molar-refractivity contribution in [3.05, 3.63) is 28.8 Å². The summed E-state index contributed by atoms with van der Waals surface area (Å²) < 4.78 is 32.9. The first kappa shape index (κ1) is 16.7. The van der Waals surface area contributed by atoms with E-state index < -0.39 is 10.0 Å². The number of sulfonamides is 1. The van der Waals surface area contributed by atoms with Crippen LogP contribution >= 0.6 is 11.6 Å². The number of aryl methyl sites for hydroxylation is 2. The van der Waals surface area contributed by atoms with Crippen LogP contribution in [0.3, 0.4) is 0 Å². The van der Waals surface area contributed by atoms with Gasteiger partial charge in [0.2, 0.25) is 10.0 Å². The monoisotopic (exact) mass is 331 g/mol. The molecule has 1 aliphatic heterocycles. The van der Waals surface area contributed by atoms with Gasteiger partial charge in [-0.1, -0.05) is 6.07 Å². The average Bonchev–Trinajstić information content (AvgIpc) is 2.37. The van der Waals surface area contributed by atoms with E-state index in [2.05, 4.69) is 0 Å². The summed E-state index contributed by atoms with van der Waals surface area (Å²) in [5, 5.41) is 0. The van der Waals surface area contributed by atoms with E-state index in [-0.39, 0.29) is 12.2 Å². The molecular formula is C15H22ClNO3S. The van der Waals surface area contributed by atoms with Crippen molar-refractivity contribution in [2.75, 3.05) is 13.1 Å². The summed E-state index contributed by atoms with van der Waals surface area (Å²) in [6.45, 7) is 8.33. The van der Waals surface area contributed by atoms with Gasteiger partial charge < -0.3 is 4.74 Å². The first-order valence-electron chi connectivity index (χ1n) is 7.07. The van der Waals surface area contributed by atoms with Crippen LogP contribution in [0.2, 0.25) is 0 Å². The van der Waals surface area contributed by atoms with E-state index in [1.165, 1.54) is 4.31 Å². The average molecular weight is 332 g/mol. The third kappa shape index (κ3) is 3.42. The number of rotatable bonds is 3. The zero-order valence-corrected chi connectivity index (χ0v) is 14.5. The number of benzene rings is 1. The second-order valence-electron chi connectivity index (χ2n) is 5.76. The molecule has 1 heterocycles. The Morgan fingerprint density at radius 2 is 1.76 bits per heavy atom. The lowest BCUT2D eigenvalue weighted by Crippen LogP contribution is -2.48. The predicted molar refractivity (Wildman–Crippen MR) is 84.2 cm³/mol. The van der Waals surface area contributed by atoms with Crippen molar-refractivity contribution in [1.82, 2.24) is 4.31 Å². The molecule has 1 fully saturated rings. The van der Waals surface area contributed by atoms with Crippen molar-refractivity contribution in [1.29, 1.82) is 0 Å². The van der Waals surface area contributed by atoms with Crippen LogP contribution in [0.4, 0.5) is 0 Å². The van der Waals surface area contributed by atoms with Crippen LogP contribution in [-0.4, -0.2) is 38.0 Å². The first-order chi connectivity index (χ1) is 9.75. The molecule has 0 amide bonds. The maximum absolute atomic E-state index is 12.9. The van der Waals surface area contributed by atoms with E-state index in [1.54, 1.807) is 6.07 Å². The lowest BCUT2D eigenvalue weighted by molar-refractivity contribution is -0.0440. The highest BCUT2D eigenvalue weighted by Crippen LogP contribution is 2.26. The second kappa shape index (κ2) is 6.24. The summed E-state index contributed by atoms with van der Waals surface area (Å²) in [6, 6.07) is 3.59. The Morgan fingerprint density at radius 3 is 2.29 bits per heavy atom. The van der Waals surface area contributed by atoms with Gasteiger partial charge in [-0.2, -0.15) is 4.31 Å². The quantitative estimate of drug-likeness (QED) is 0.800. The Bertz CT molecular complexity index is 620. The van der Waals surface area contributed by atoms with E-state index in [0.29, 0.717) is 23.9 Å². The molecular weight excluding hydrogens is 310 g/mol. The van der Waals surface area contributed by atoms with Crippen LogP contribution in [-0.2, 0) is 20.6 Å². The van der Waals surface area contributed by atoms with Gasteiger partial charge in [-0.25, -0.2) is 8.42 Å². The number of ether oxygens (including phenoxy) is 1. The smallest absolute Gasteiger partial charge is 0.243 e. The van der Waals surface area contributed by atoms with Crippen LogP contribution in [0.1, 0.15) is 30.5 Å². The van der Waals surface area contributed by atoms with Gasteiger partial charge in [0.25, 0.3) is 0 Å². The molecule has 0 unspecified atom stereocenters. The molecule has 2 rings (SSSR count). The standard InChI is InChI=1S/C15H22ClNO3S/c1-10-5-11(2)15(6-14(10)7-16)21(18,19)17-8-12(3)20-13(4)9-17/h5-6,12-13H,7-9H2,1-4H3/t12-,13+. The fourth-order valence-corrected chi connectivity index (χ4v) is 4.90. The summed E-state index contributed by atoms with van der Waals surface area (Å²) in [6.07, 6.45) is -0.191.